The van der Waals surface area contributed by atoms with Crippen molar-refractivity contribution in [2.75, 3.05) is 0 Å². The van der Waals surface area contributed by atoms with E-state index in [-0.39, 0.29) is 105 Å². The van der Waals surface area contributed by atoms with Gasteiger partial charge in [-0.15, -0.1) is 0 Å². The third-order valence-electron chi connectivity index (χ3n) is 0. The fourth-order valence-electron chi connectivity index (χ4n) is 0. The molecule has 0 atom stereocenters. The standard InChI is InChI=1S/Fe.2La.3H2O/h;;;3*1H2. The summed E-state index contributed by atoms with van der Waals surface area (Å²) in [7, 11) is 0. The van der Waals surface area contributed by atoms with E-state index < -0.39 is 0 Å². The summed E-state index contributed by atoms with van der Waals surface area (Å²) in [6.07, 6.45) is 0. The predicted octanol–water partition coefficient (Wildman–Crippen LogP) is -2.48. The van der Waals surface area contributed by atoms with Gasteiger partial charge < -0.3 is 16.4 Å². The molecule has 38 valence electrons. The molecular formula is H6FeLa2O3. The maximum Gasteiger partial charge on any atom is 0 e. The first-order valence-corrected chi connectivity index (χ1v) is 0. The summed E-state index contributed by atoms with van der Waals surface area (Å²) in [5.74, 6) is 0. The van der Waals surface area contributed by atoms with Gasteiger partial charge in [0.2, 0.25) is 0 Å². The zero-order chi connectivity index (χ0) is 0. The maximum absolute atomic E-state index is 0. The summed E-state index contributed by atoms with van der Waals surface area (Å²) in [6.45, 7) is 0. The van der Waals surface area contributed by atoms with Crippen molar-refractivity contribution in [3.63, 3.8) is 0 Å². The predicted molar refractivity (Wildman–Crippen MR) is 10.8 cm³/mol. The Hall–Kier alpha value is 2.79. The summed E-state index contributed by atoms with van der Waals surface area (Å²) >= 11 is 0. The summed E-state index contributed by atoms with van der Waals surface area (Å²) < 4.78 is 0. The number of hydrogen-bond acceptors (Lipinski definition) is 0. The van der Waals surface area contributed by atoms with Crippen molar-refractivity contribution in [1.29, 1.82) is 0 Å². The molecule has 0 aromatic heterocycles. The van der Waals surface area contributed by atoms with E-state index in [0.717, 1.165) is 0 Å². The molecule has 0 aliphatic rings. The second-order valence-electron chi connectivity index (χ2n) is 0. The van der Waals surface area contributed by atoms with E-state index in [1.807, 2.05) is 0 Å². The maximum atomic E-state index is 0. The average molecular weight is 388 g/mol. The van der Waals surface area contributed by atoms with E-state index in [9.17, 15) is 0 Å². The van der Waals surface area contributed by atoms with Crippen LogP contribution in [-0.2, 0) is 17.1 Å². The molecule has 3 nitrogen and oxygen atoms in total. The van der Waals surface area contributed by atoms with Crippen molar-refractivity contribution in [2.45, 2.75) is 0 Å². The Morgan fingerprint density at radius 1 is 0.500 bits per heavy atom. The molecular weight excluding hydrogens is 382 g/mol. The van der Waals surface area contributed by atoms with Crippen LogP contribution < -0.4 is 0 Å². The Balaban J connectivity index is 0. The monoisotopic (exact) mass is 388 g/mol. The molecule has 6 N–H and O–H groups in total. The molecule has 6 heteroatoms. The van der Waals surface area contributed by atoms with Crippen LogP contribution in [0.1, 0.15) is 0 Å². The minimum absolute atomic E-state index is 0. The third-order valence-corrected chi connectivity index (χ3v) is 0. The minimum Gasteiger partial charge on any atom is -0.412 e. The summed E-state index contributed by atoms with van der Waals surface area (Å²) in [6, 6.07) is 0. The van der Waals surface area contributed by atoms with Crippen LogP contribution in [0.4, 0.5) is 0 Å². The second kappa shape index (κ2) is 46.2. The van der Waals surface area contributed by atoms with Gasteiger partial charge in [-0.05, 0) is 0 Å². The smallest absolute Gasteiger partial charge is 0 e. The minimum atomic E-state index is 0. The molecule has 0 fully saturated rings. The van der Waals surface area contributed by atoms with Gasteiger partial charge in [-0.2, -0.15) is 0 Å². The van der Waals surface area contributed by atoms with Gasteiger partial charge in [0.05, 0.1) is 0 Å². The number of hydrogen-bond donors (Lipinski definition) is 0. The van der Waals surface area contributed by atoms with Crippen molar-refractivity contribution >= 4 is 0 Å². The Labute approximate surface area is 103 Å². The first kappa shape index (κ1) is 68.5. The van der Waals surface area contributed by atoms with Gasteiger partial charge in [0.1, 0.15) is 0 Å². The van der Waals surface area contributed by atoms with Gasteiger partial charge in [-0.1, -0.05) is 0 Å². The molecule has 0 unspecified atom stereocenters. The van der Waals surface area contributed by atoms with Gasteiger partial charge >= 0.3 is 0 Å². The molecule has 0 aromatic carbocycles. The fraction of sp³-hybridized carbons (Fsp3) is 0. The Morgan fingerprint density at radius 2 is 0.500 bits per heavy atom. The SMILES string of the molecule is O.O.O.[Fe].[La].[La]. The van der Waals surface area contributed by atoms with E-state index in [2.05, 4.69) is 0 Å². The van der Waals surface area contributed by atoms with Gasteiger partial charge in [-0.3, -0.25) is 0 Å². The summed E-state index contributed by atoms with van der Waals surface area (Å²) in [5.41, 5.74) is 0. The largest absolute Gasteiger partial charge is 0.412 e. The van der Waals surface area contributed by atoms with Crippen LogP contribution in [0.2, 0.25) is 0 Å². The average Bonchev–Trinajstić information content (AvgIpc) is 0. The van der Waals surface area contributed by atoms with Crippen LogP contribution in [0.5, 0.6) is 0 Å². The summed E-state index contributed by atoms with van der Waals surface area (Å²) in [5, 5.41) is 0. The molecule has 0 heterocycles. The van der Waals surface area contributed by atoms with Gasteiger partial charge in [0, 0.05) is 88.3 Å². The topological polar surface area (TPSA) is 94.5 Å². The zero-order valence-corrected chi connectivity index (χ0v) is 11.4. The zero-order valence-electron chi connectivity index (χ0n) is 3.01. The van der Waals surface area contributed by atoms with Crippen molar-refractivity contribution in [3.05, 3.63) is 0 Å². The van der Waals surface area contributed by atoms with E-state index in [1.54, 1.807) is 0 Å². The van der Waals surface area contributed by atoms with E-state index >= 15 is 0 Å². The van der Waals surface area contributed by atoms with Gasteiger partial charge in [-0.25, -0.2) is 0 Å². The molecule has 0 aromatic rings. The van der Waals surface area contributed by atoms with Gasteiger partial charge in [0.15, 0.2) is 0 Å². The van der Waals surface area contributed by atoms with Gasteiger partial charge in [0.25, 0.3) is 0 Å². The van der Waals surface area contributed by atoms with Crippen molar-refractivity contribution in [2.24, 2.45) is 0 Å². The van der Waals surface area contributed by atoms with E-state index in [4.69, 9.17) is 0 Å². The summed E-state index contributed by atoms with van der Waals surface area (Å²) in [4.78, 5) is 0. The van der Waals surface area contributed by atoms with Crippen LogP contribution >= 0.6 is 0 Å². The Morgan fingerprint density at radius 3 is 0.500 bits per heavy atom. The fourth-order valence-corrected chi connectivity index (χ4v) is 0. The molecule has 0 aliphatic carbocycles. The first-order valence-electron chi connectivity index (χ1n) is 0. The van der Waals surface area contributed by atoms with Crippen LogP contribution in [0.25, 0.3) is 0 Å². The van der Waals surface area contributed by atoms with E-state index in [1.165, 1.54) is 0 Å². The van der Waals surface area contributed by atoms with Crippen LogP contribution in [-0.4, -0.2) is 16.4 Å². The normalized spacial score (nSPS) is 0. The molecule has 0 rings (SSSR count). The molecule has 0 bridgehead atoms. The second-order valence-corrected chi connectivity index (χ2v) is 0. The van der Waals surface area contributed by atoms with E-state index in [0.29, 0.717) is 0 Å². The molecule has 0 saturated heterocycles. The molecule has 0 aliphatic heterocycles. The molecule has 0 spiro atoms. The molecule has 0 saturated carbocycles. The first-order chi connectivity index (χ1) is 0. The molecule has 6 heavy (non-hydrogen) atoms. The van der Waals surface area contributed by atoms with Crippen molar-refractivity contribution in [3.8, 4) is 0 Å². The Kier molecular flexibility index (Phi) is 527. The molecule has 2 radical (unpaired) electrons. The number of rotatable bonds is 0. The van der Waals surface area contributed by atoms with Crippen molar-refractivity contribution in [1.82, 2.24) is 0 Å². The third kappa shape index (κ3) is 29.2. The Bertz CT molecular complexity index is 8.75. The van der Waals surface area contributed by atoms with Crippen LogP contribution in [0, 0.1) is 71.2 Å². The van der Waals surface area contributed by atoms with Crippen LogP contribution in [0.15, 0.2) is 0 Å². The quantitative estimate of drug-likeness (QED) is 0.412. The van der Waals surface area contributed by atoms with Crippen LogP contribution in [0.3, 0.4) is 0 Å². The molecule has 0 amide bonds. The van der Waals surface area contributed by atoms with Crippen molar-refractivity contribution < 1.29 is 105 Å².